The van der Waals surface area contributed by atoms with E-state index >= 15 is 0 Å². The van der Waals surface area contributed by atoms with E-state index in [-0.39, 0.29) is 18.6 Å². The number of benzene rings is 1. The van der Waals surface area contributed by atoms with Gasteiger partial charge in [-0.1, -0.05) is 19.9 Å². The van der Waals surface area contributed by atoms with Crippen molar-refractivity contribution in [3.63, 3.8) is 0 Å². The topological polar surface area (TPSA) is 78.0 Å². The zero-order valence-corrected chi connectivity index (χ0v) is 16.3. The van der Waals surface area contributed by atoms with Crippen molar-refractivity contribution in [2.75, 3.05) is 51.7 Å². The van der Waals surface area contributed by atoms with Crippen molar-refractivity contribution >= 4 is 17.6 Å². The van der Waals surface area contributed by atoms with Crippen LogP contribution in [0.1, 0.15) is 13.8 Å². The molecule has 2 rings (SSSR count). The zero-order chi connectivity index (χ0) is 19.6. The van der Waals surface area contributed by atoms with Crippen LogP contribution in [-0.4, -0.2) is 69.2 Å². The Morgan fingerprint density at radius 3 is 2.93 bits per heavy atom. The van der Waals surface area contributed by atoms with Crippen molar-refractivity contribution < 1.29 is 13.9 Å². The van der Waals surface area contributed by atoms with Crippen molar-refractivity contribution in [2.45, 2.75) is 20.0 Å². The molecule has 0 saturated carbocycles. The van der Waals surface area contributed by atoms with E-state index in [1.807, 2.05) is 0 Å². The molecule has 3 N–H and O–H groups in total. The highest BCUT2D eigenvalue weighted by atomic mass is 19.1. The summed E-state index contributed by atoms with van der Waals surface area (Å²) in [4.78, 5) is 18.5. The molecular weight excluding hydrogens is 349 g/mol. The third-order valence-electron chi connectivity index (χ3n) is 4.09. The fourth-order valence-corrected chi connectivity index (χ4v) is 2.95. The first-order chi connectivity index (χ1) is 13.0. The second kappa shape index (κ2) is 10.8. The fourth-order valence-electron chi connectivity index (χ4n) is 2.95. The number of aliphatic imine (C=N–C) groups is 1. The van der Waals surface area contributed by atoms with Crippen molar-refractivity contribution in [2.24, 2.45) is 10.9 Å². The first-order valence-corrected chi connectivity index (χ1v) is 9.30. The van der Waals surface area contributed by atoms with E-state index in [0.717, 1.165) is 26.2 Å². The van der Waals surface area contributed by atoms with Gasteiger partial charge in [-0.05, 0) is 24.1 Å². The van der Waals surface area contributed by atoms with Gasteiger partial charge >= 0.3 is 0 Å². The lowest BCUT2D eigenvalue weighted by atomic mass is 10.2. The number of halogens is 1. The van der Waals surface area contributed by atoms with Gasteiger partial charge in [-0.2, -0.15) is 0 Å². The summed E-state index contributed by atoms with van der Waals surface area (Å²) >= 11 is 0. The van der Waals surface area contributed by atoms with Crippen molar-refractivity contribution in [1.82, 2.24) is 15.5 Å². The molecule has 1 amide bonds. The summed E-state index contributed by atoms with van der Waals surface area (Å²) < 4.78 is 18.9. The van der Waals surface area contributed by atoms with E-state index in [1.165, 1.54) is 12.1 Å². The van der Waals surface area contributed by atoms with Crippen LogP contribution < -0.4 is 16.0 Å². The van der Waals surface area contributed by atoms with Crippen LogP contribution in [0.25, 0.3) is 0 Å². The highest BCUT2D eigenvalue weighted by molar-refractivity contribution is 5.94. The number of anilines is 1. The standard InChI is InChI=1S/C19H30FN5O2/c1-14(2)12-25-7-8-27-17(13-25)10-22-19(21-3)23-11-18(26)24-16-6-4-5-15(20)9-16/h4-6,9,14,17H,7-8,10-13H2,1-3H3,(H,24,26)(H2,21,22,23). The molecule has 1 heterocycles. The largest absolute Gasteiger partial charge is 0.374 e. The highest BCUT2D eigenvalue weighted by Crippen LogP contribution is 2.09. The Kier molecular flexibility index (Phi) is 8.47. The molecule has 0 bridgehead atoms. The molecule has 1 aliphatic heterocycles. The Labute approximate surface area is 160 Å². The molecule has 1 unspecified atom stereocenters. The number of hydrogen-bond acceptors (Lipinski definition) is 4. The number of nitrogens with zero attached hydrogens (tertiary/aromatic N) is 2. The van der Waals surface area contributed by atoms with E-state index in [9.17, 15) is 9.18 Å². The van der Waals surface area contributed by atoms with Crippen LogP contribution in [-0.2, 0) is 9.53 Å². The highest BCUT2D eigenvalue weighted by Gasteiger charge is 2.21. The molecule has 7 nitrogen and oxygen atoms in total. The monoisotopic (exact) mass is 379 g/mol. The summed E-state index contributed by atoms with van der Waals surface area (Å²) in [5.74, 6) is 0.481. The van der Waals surface area contributed by atoms with Gasteiger partial charge < -0.3 is 20.7 Å². The van der Waals surface area contributed by atoms with Crippen molar-refractivity contribution in [3.8, 4) is 0 Å². The van der Waals surface area contributed by atoms with E-state index < -0.39 is 5.82 Å². The van der Waals surface area contributed by atoms with Crippen LogP contribution in [0.5, 0.6) is 0 Å². The molecule has 150 valence electrons. The maximum atomic E-state index is 13.1. The van der Waals surface area contributed by atoms with Gasteiger partial charge in [0.15, 0.2) is 5.96 Å². The molecular formula is C19H30FN5O2. The van der Waals surface area contributed by atoms with Crippen molar-refractivity contribution in [3.05, 3.63) is 30.1 Å². The lowest BCUT2D eigenvalue weighted by molar-refractivity contribution is -0.115. The van der Waals surface area contributed by atoms with Crippen LogP contribution in [0.2, 0.25) is 0 Å². The van der Waals surface area contributed by atoms with Crippen LogP contribution in [0.15, 0.2) is 29.3 Å². The number of rotatable bonds is 7. The van der Waals surface area contributed by atoms with Crippen LogP contribution in [0.3, 0.4) is 0 Å². The smallest absolute Gasteiger partial charge is 0.243 e. The summed E-state index contributed by atoms with van der Waals surface area (Å²) in [5.41, 5.74) is 0.422. The molecule has 27 heavy (non-hydrogen) atoms. The Hall–Kier alpha value is -2.19. The number of amides is 1. The molecule has 1 aliphatic rings. The lowest BCUT2D eigenvalue weighted by Gasteiger charge is -2.34. The first-order valence-electron chi connectivity index (χ1n) is 9.30. The number of nitrogens with one attached hydrogen (secondary N) is 3. The van der Waals surface area contributed by atoms with Gasteiger partial charge in [0, 0.05) is 38.9 Å². The van der Waals surface area contributed by atoms with E-state index in [0.29, 0.717) is 24.1 Å². The van der Waals surface area contributed by atoms with Gasteiger partial charge in [0.05, 0.1) is 19.3 Å². The number of hydrogen-bond donors (Lipinski definition) is 3. The van der Waals surface area contributed by atoms with Crippen LogP contribution >= 0.6 is 0 Å². The number of morpholine rings is 1. The normalized spacial score (nSPS) is 18.4. The Morgan fingerprint density at radius 2 is 2.22 bits per heavy atom. The number of guanidine groups is 1. The molecule has 8 heteroatoms. The predicted octanol–water partition coefficient (Wildman–Crippen LogP) is 1.29. The summed E-state index contributed by atoms with van der Waals surface area (Å²) in [5, 5.41) is 8.78. The van der Waals surface area contributed by atoms with Gasteiger partial charge in [-0.3, -0.25) is 14.7 Å². The first kappa shape index (κ1) is 21.1. The van der Waals surface area contributed by atoms with Crippen molar-refractivity contribution in [1.29, 1.82) is 0 Å². The van der Waals surface area contributed by atoms with Gasteiger partial charge in [0.25, 0.3) is 0 Å². The summed E-state index contributed by atoms with van der Waals surface area (Å²) in [6.45, 7) is 8.69. The lowest BCUT2D eigenvalue weighted by Crippen LogP contribution is -2.50. The van der Waals surface area contributed by atoms with Gasteiger partial charge in [-0.25, -0.2) is 4.39 Å². The second-order valence-corrected chi connectivity index (χ2v) is 7.01. The van der Waals surface area contributed by atoms with Crippen LogP contribution in [0.4, 0.5) is 10.1 Å². The quantitative estimate of drug-likeness (QED) is 0.492. The number of carbonyl (C=O) groups is 1. The summed E-state index contributed by atoms with van der Waals surface area (Å²) in [7, 11) is 1.65. The Balaban J connectivity index is 1.71. The maximum Gasteiger partial charge on any atom is 0.243 e. The molecule has 0 radical (unpaired) electrons. The third kappa shape index (κ3) is 7.92. The van der Waals surface area contributed by atoms with Gasteiger partial charge in [0.1, 0.15) is 5.82 Å². The third-order valence-corrected chi connectivity index (χ3v) is 4.09. The molecule has 0 aromatic heterocycles. The van der Waals surface area contributed by atoms with Crippen LogP contribution in [0, 0.1) is 11.7 Å². The van der Waals surface area contributed by atoms with Gasteiger partial charge in [0.2, 0.25) is 5.91 Å². The van der Waals surface area contributed by atoms with E-state index in [2.05, 4.69) is 39.7 Å². The Bertz CT molecular complexity index is 638. The zero-order valence-electron chi connectivity index (χ0n) is 16.3. The fraction of sp³-hybridized carbons (Fsp3) is 0.579. The minimum atomic E-state index is -0.391. The maximum absolute atomic E-state index is 13.1. The Morgan fingerprint density at radius 1 is 1.41 bits per heavy atom. The number of carbonyl (C=O) groups excluding carboxylic acids is 1. The average molecular weight is 379 g/mol. The molecule has 1 atom stereocenters. The second-order valence-electron chi connectivity index (χ2n) is 7.01. The molecule has 1 aromatic carbocycles. The molecule has 0 aliphatic carbocycles. The predicted molar refractivity (Wildman–Crippen MR) is 105 cm³/mol. The van der Waals surface area contributed by atoms with Gasteiger partial charge in [-0.15, -0.1) is 0 Å². The minimum Gasteiger partial charge on any atom is -0.374 e. The minimum absolute atomic E-state index is 0.0290. The van der Waals surface area contributed by atoms with E-state index in [4.69, 9.17) is 4.74 Å². The molecule has 0 spiro atoms. The summed E-state index contributed by atoms with van der Waals surface area (Å²) in [6.07, 6.45) is 0.0807. The summed E-state index contributed by atoms with van der Waals surface area (Å²) in [6, 6.07) is 5.78. The number of ether oxygens (including phenoxy) is 1. The molecule has 1 fully saturated rings. The van der Waals surface area contributed by atoms with E-state index in [1.54, 1.807) is 19.2 Å². The molecule has 1 aromatic rings. The average Bonchev–Trinajstić information content (AvgIpc) is 2.61. The SMILES string of the molecule is CN=C(NCC(=O)Nc1cccc(F)c1)NCC1CN(CC(C)C)CCO1. The molecule has 1 saturated heterocycles.